The van der Waals surface area contributed by atoms with Gasteiger partial charge in [0.1, 0.15) is 5.82 Å². The minimum absolute atomic E-state index is 0.0322. The maximum absolute atomic E-state index is 11.6. The molecule has 0 aromatic carbocycles. The van der Waals surface area contributed by atoms with Crippen LogP contribution >= 0.6 is 0 Å². The van der Waals surface area contributed by atoms with Gasteiger partial charge in [-0.2, -0.15) is 0 Å². The molecule has 5 nitrogen and oxygen atoms in total. The molecule has 1 fully saturated rings. The van der Waals surface area contributed by atoms with E-state index in [-0.39, 0.29) is 17.5 Å². The van der Waals surface area contributed by atoms with Gasteiger partial charge in [0, 0.05) is 18.8 Å². The molecule has 1 aromatic rings. The van der Waals surface area contributed by atoms with Gasteiger partial charge in [-0.3, -0.25) is 0 Å². The van der Waals surface area contributed by atoms with Gasteiger partial charge in [-0.05, 0) is 31.5 Å². The van der Waals surface area contributed by atoms with Crippen molar-refractivity contribution in [2.24, 2.45) is 5.73 Å². The average molecular weight is 269 g/mol. The minimum atomic E-state index is -2.89. The van der Waals surface area contributed by atoms with Gasteiger partial charge in [-0.1, -0.05) is 6.07 Å². The third kappa shape index (κ3) is 2.81. The smallest absolute Gasteiger partial charge is 0.154 e. The topological polar surface area (TPSA) is 76.3 Å². The summed E-state index contributed by atoms with van der Waals surface area (Å²) in [6, 6.07) is 3.86. The highest BCUT2D eigenvalue weighted by molar-refractivity contribution is 7.91. The van der Waals surface area contributed by atoms with Crippen molar-refractivity contribution in [1.29, 1.82) is 0 Å². The third-order valence-electron chi connectivity index (χ3n) is 3.22. The third-order valence-corrected chi connectivity index (χ3v) is 5.02. The number of sulfone groups is 1. The van der Waals surface area contributed by atoms with E-state index in [0.29, 0.717) is 13.1 Å². The Morgan fingerprint density at radius 3 is 3.00 bits per heavy atom. The van der Waals surface area contributed by atoms with Gasteiger partial charge in [0.15, 0.2) is 9.84 Å². The van der Waals surface area contributed by atoms with Crippen molar-refractivity contribution in [3.8, 4) is 0 Å². The molecular weight excluding hydrogens is 250 g/mol. The second-order valence-electron chi connectivity index (χ2n) is 4.68. The summed E-state index contributed by atoms with van der Waals surface area (Å²) >= 11 is 0. The number of nitrogens with zero attached hydrogens (tertiary/aromatic N) is 2. The molecule has 1 atom stereocenters. The Labute approximate surface area is 108 Å². The van der Waals surface area contributed by atoms with Crippen molar-refractivity contribution < 1.29 is 8.42 Å². The van der Waals surface area contributed by atoms with Gasteiger partial charge >= 0.3 is 0 Å². The van der Waals surface area contributed by atoms with Crippen molar-refractivity contribution in [2.45, 2.75) is 19.4 Å². The first kappa shape index (κ1) is 13.3. The average Bonchev–Trinajstić information content (AvgIpc) is 2.30. The fourth-order valence-electron chi connectivity index (χ4n) is 2.35. The summed E-state index contributed by atoms with van der Waals surface area (Å²) in [6.07, 6.45) is 2.50. The quantitative estimate of drug-likeness (QED) is 0.848. The molecule has 0 bridgehead atoms. The molecule has 0 aliphatic carbocycles. The van der Waals surface area contributed by atoms with Crippen LogP contribution in [0.15, 0.2) is 18.3 Å². The highest BCUT2D eigenvalue weighted by Crippen LogP contribution is 2.23. The Bertz CT molecular complexity index is 516. The van der Waals surface area contributed by atoms with Crippen LogP contribution in [0.1, 0.15) is 12.5 Å². The molecule has 1 aromatic heterocycles. The summed E-state index contributed by atoms with van der Waals surface area (Å²) in [5.41, 5.74) is 6.68. The number of rotatable bonds is 3. The standard InChI is InChI=1S/C12H19N3O2S/c1-10-9-18(16,17)8-7-15(10)12-11(4-5-13)3-2-6-14-12/h2-3,6,10H,4-5,7-9,13H2,1H3. The molecule has 2 N–H and O–H groups in total. The van der Waals surface area contributed by atoms with Crippen molar-refractivity contribution >= 4 is 15.7 Å². The molecule has 2 rings (SSSR count). The molecule has 0 radical (unpaired) electrons. The monoisotopic (exact) mass is 269 g/mol. The van der Waals surface area contributed by atoms with Gasteiger partial charge in [-0.15, -0.1) is 0 Å². The van der Waals surface area contributed by atoms with E-state index >= 15 is 0 Å². The molecule has 2 heterocycles. The molecule has 1 aliphatic rings. The summed E-state index contributed by atoms with van der Waals surface area (Å²) in [5.74, 6) is 1.28. The predicted octanol–water partition coefficient (Wildman–Crippen LogP) is 0.206. The summed E-state index contributed by atoms with van der Waals surface area (Å²) < 4.78 is 23.2. The Morgan fingerprint density at radius 1 is 1.56 bits per heavy atom. The lowest BCUT2D eigenvalue weighted by atomic mass is 10.1. The maximum atomic E-state index is 11.6. The zero-order valence-corrected chi connectivity index (χ0v) is 11.4. The highest BCUT2D eigenvalue weighted by Gasteiger charge is 2.29. The SMILES string of the molecule is CC1CS(=O)(=O)CCN1c1ncccc1CCN. The van der Waals surface area contributed by atoms with Gasteiger partial charge in [0.25, 0.3) is 0 Å². The molecule has 0 spiro atoms. The fraction of sp³-hybridized carbons (Fsp3) is 0.583. The Balaban J connectivity index is 2.27. The van der Waals surface area contributed by atoms with Gasteiger partial charge in [-0.25, -0.2) is 13.4 Å². The zero-order chi connectivity index (χ0) is 13.2. The van der Waals surface area contributed by atoms with E-state index < -0.39 is 9.84 Å². The van der Waals surface area contributed by atoms with Crippen LogP contribution in [-0.4, -0.2) is 44.0 Å². The zero-order valence-electron chi connectivity index (χ0n) is 10.5. The molecule has 100 valence electrons. The van der Waals surface area contributed by atoms with Crippen LogP contribution in [0.4, 0.5) is 5.82 Å². The van der Waals surface area contributed by atoms with Gasteiger partial charge in [0.05, 0.1) is 11.5 Å². The van der Waals surface area contributed by atoms with Crippen LogP contribution < -0.4 is 10.6 Å². The van der Waals surface area contributed by atoms with E-state index in [2.05, 4.69) is 9.88 Å². The molecule has 6 heteroatoms. The molecule has 18 heavy (non-hydrogen) atoms. The Kier molecular flexibility index (Phi) is 3.87. The largest absolute Gasteiger partial charge is 0.352 e. The molecular formula is C12H19N3O2S. The number of hydrogen-bond donors (Lipinski definition) is 1. The predicted molar refractivity (Wildman–Crippen MR) is 72.5 cm³/mol. The van der Waals surface area contributed by atoms with Crippen molar-refractivity contribution in [2.75, 3.05) is 29.5 Å². The molecule has 1 saturated heterocycles. The second-order valence-corrected chi connectivity index (χ2v) is 6.91. The number of anilines is 1. The lowest BCUT2D eigenvalue weighted by molar-refractivity contribution is 0.566. The van der Waals surface area contributed by atoms with Gasteiger partial charge in [0.2, 0.25) is 0 Å². The van der Waals surface area contributed by atoms with Crippen molar-refractivity contribution in [3.63, 3.8) is 0 Å². The van der Waals surface area contributed by atoms with Crippen LogP contribution in [0, 0.1) is 0 Å². The minimum Gasteiger partial charge on any atom is -0.352 e. The second kappa shape index (κ2) is 5.24. The number of pyridine rings is 1. The van der Waals surface area contributed by atoms with Crippen LogP contribution in [0.2, 0.25) is 0 Å². The van der Waals surface area contributed by atoms with Crippen molar-refractivity contribution in [3.05, 3.63) is 23.9 Å². The fourth-order valence-corrected chi connectivity index (χ4v) is 3.91. The van der Waals surface area contributed by atoms with E-state index in [0.717, 1.165) is 17.8 Å². The lowest BCUT2D eigenvalue weighted by Crippen LogP contribution is -2.47. The van der Waals surface area contributed by atoms with Crippen LogP contribution in [0.25, 0.3) is 0 Å². The summed E-state index contributed by atoms with van der Waals surface area (Å²) in [4.78, 5) is 6.47. The molecule has 1 unspecified atom stereocenters. The summed E-state index contributed by atoms with van der Waals surface area (Å²) in [7, 11) is -2.89. The van der Waals surface area contributed by atoms with E-state index in [1.165, 1.54) is 0 Å². The van der Waals surface area contributed by atoms with Crippen molar-refractivity contribution in [1.82, 2.24) is 4.98 Å². The maximum Gasteiger partial charge on any atom is 0.154 e. The van der Waals surface area contributed by atoms with E-state index in [1.54, 1.807) is 6.20 Å². The summed E-state index contributed by atoms with van der Waals surface area (Å²) in [5, 5.41) is 0. The normalized spacial score (nSPS) is 23.0. The Morgan fingerprint density at radius 2 is 2.33 bits per heavy atom. The first-order valence-electron chi connectivity index (χ1n) is 6.14. The number of nitrogens with two attached hydrogens (primary N) is 1. The van der Waals surface area contributed by atoms with Crippen LogP contribution in [-0.2, 0) is 16.3 Å². The highest BCUT2D eigenvalue weighted by atomic mass is 32.2. The first-order chi connectivity index (χ1) is 8.53. The molecule has 0 amide bonds. The van der Waals surface area contributed by atoms with Crippen LogP contribution in [0.3, 0.4) is 0 Å². The van der Waals surface area contributed by atoms with E-state index in [4.69, 9.17) is 5.73 Å². The lowest BCUT2D eigenvalue weighted by Gasteiger charge is -2.35. The van der Waals surface area contributed by atoms with E-state index in [9.17, 15) is 8.42 Å². The Hall–Kier alpha value is -1.14. The van der Waals surface area contributed by atoms with Gasteiger partial charge < -0.3 is 10.6 Å². The number of hydrogen-bond acceptors (Lipinski definition) is 5. The van der Waals surface area contributed by atoms with Crippen LogP contribution in [0.5, 0.6) is 0 Å². The summed E-state index contributed by atoms with van der Waals surface area (Å²) in [6.45, 7) is 3.01. The van der Waals surface area contributed by atoms with E-state index in [1.807, 2.05) is 19.1 Å². The molecule has 1 aliphatic heterocycles. The first-order valence-corrected chi connectivity index (χ1v) is 7.96. The molecule has 0 saturated carbocycles. The number of aromatic nitrogens is 1.